The second-order valence-corrected chi connectivity index (χ2v) is 7.35. The van der Waals surface area contributed by atoms with Crippen molar-refractivity contribution in [3.63, 3.8) is 0 Å². The maximum absolute atomic E-state index is 13.2. The van der Waals surface area contributed by atoms with Crippen molar-refractivity contribution < 1.29 is 21.2 Å². The first-order valence-electron chi connectivity index (χ1n) is 3.56. The van der Waals surface area contributed by atoms with Crippen LogP contribution in [0.25, 0.3) is 0 Å². The Morgan fingerprint density at radius 2 is 1.73 bits per heavy atom. The fourth-order valence-electron chi connectivity index (χ4n) is 0.934. The van der Waals surface area contributed by atoms with Gasteiger partial charge in [-0.2, -0.15) is 0 Å². The fraction of sp³-hybridized carbons (Fsp3) is 0.143. The summed E-state index contributed by atoms with van der Waals surface area (Å²) in [4.78, 5) is -1.04. The minimum atomic E-state index is -4.05. The molecule has 0 unspecified atom stereocenters. The highest BCUT2D eigenvalue weighted by Crippen LogP contribution is 2.21. The molecular weight excluding hydrogens is 267 g/mol. The van der Waals surface area contributed by atoms with Crippen molar-refractivity contribution >= 4 is 29.6 Å². The van der Waals surface area contributed by atoms with Crippen molar-refractivity contribution in [1.29, 1.82) is 0 Å². The van der Waals surface area contributed by atoms with E-state index in [1.807, 2.05) is 0 Å². The third kappa shape index (κ3) is 2.90. The van der Waals surface area contributed by atoms with Gasteiger partial charge in [0.1, 0.15) is 10.7 Å². The second-order valence-electron chi connectivity index (χ2n) is 2.80. The van der Waals surface area contributed by atoms with Crippen LogP contribution in [0.4, 0.5) is 4.39 Å². The van der Waals surface area contributed by atoms with Gasteiger partial charge in [0.2, 0.25) is 0 Å². The van der Waals surface area contributed by atoms with E-state index in [-0.39, 0.29) is 0 Å². The summed E-state index contributed by atoms with van der Waals surface area (Å²) in [6, 6.07) is 2.36. The van der Waals surface area contributed by atoms with Crippen molar-refractivity contribution in [2.24, 2.45) is 0 Å². The minimum absolute atomic E-state index is 0.478. The van der Waals surface area contributed by atoms with Crippen molar-refractivity contribution in [3.8, 4) is 0 Å². The van der Waals surface area contributed by atoms with Crippen LogP contribution in [0.1, 0.15) is 0 Å². The number of benzene rings is 1. The van der Waals surface area contributed by atoms with Gasteiger partial charge in [0.25, 0.3) is 9.05 Å². The quantitative estimate of drug-likeness (QED) is 0.758. The van der Waals surface area contributed by atoms with Crippen molar-refractivity contribution in [3.05, 3.63) is 24.0 Å². The Morgan fingerprint density at radius 1 is 1.20 bits per heavy atom. The lowest BCUT2D eigenvalue weighted by atomic mass is 10.3. The Hall–Kier alpha value is -0.660. The lowest BCUT2D eigenvalue weighted by molar-refractivity contribution is 0.565. The van der Waals surface area contributed by atoms with E-state index < -0.39 is 34.5 Å². The molecular formula is C7H6ClFO4S2. The fourth-order valence-corrected chi connectivity index (χ4v) is 2.43. The summed E-state index contributed by atoms with van der Waals surface area (Å²) in [6.07, 6.45) is 0.820. The Balaban J connectivity index is 3.47. The molecule has 8 heteroatoms. The van der Waals surface area contributed by atoms with Crippen LogP contribution in [-0.2, 0) is 18.9 Å². The highest BCUT2D eigenvalue weighted by Gasteiger charge is 2.17. The smallest absolute Gasteiger partial charge is 0.224 e. The van der Waals surface area contributed by atoms with E-state index in [2.05, 4.69) is 0 Å². The molecule has 0 aromatic heterocycles. The molecule has 0 N–H and O–H groups in total. The Kier molecular flexibility index (Phi) is 3.09. The maximum atomic E-state index is 13.2. The minimum Gasteiger partial charge on any atom is -0.224 e. The number of hydrogen-bond donors (Lipinski definition) is 0. The first-order chi connectivity index (χ1) is 6.62. The SMILES string of the molecule is CS(=O)(=O)c1ccc(S(=O)(=O)Cl)cc1F. The van der Waals surface area contributed by atoms with Gasteiger partial charge in [-0.15, -0.1) is 0 Å². The van der Waals surface area contributed by atoms with E-state index in [1.165, 1.54) is 0 Å². The van der Waals surface area contributed by atoms with Gasteiger partial charge in [-0.05, 0) is 18.2 Å². The zero-order valence-corrected chi connectivity index (χ0v) is 9.83. The molecule has 4 nitrogen and oxygen atoms in total. The van der Waals surface area contributed by atoms with E-state index in [9.17, 15) is 21.2 Å². The zero-order chi connectivity index (χ0) is 11.9. The monoisotopic (exact) mass is 272 g/mol. The average Bonchev–Trinajstić information content (AvgIpc) is 1.99. The van der Waals surface area contributed by atoms with Crippen LogP contribution in [0, 0.1) is 5.82 Å². The van der Waals surface area contributed by atoms with Crippen molar-refractivity contribution in [2.75, 3.05) is 6.26 Å². The van der Waals surface area contributed by atoms with Gasteiger partial charge in [-0.3, -0.25) is 0 Å². The summed E-state index contributed by atoms with van der Waals surface area (Å²) >= 11 is 0. The number of sulfone groups is 1. The molecule has 1 aromatic rings. The normalized spacial score (nSPS) is 12.7. The Morgan fingerprint density at radius 3 is 2.07 bits per heavy atom. The van der Waals surface area contributed by atoms with E-state index in [1.54, 1.807) is 0 Å². The van der Waals surface area contributed by atoms with E-state index >= 15 is 0 Å². The molecule has 1 aromatic carbocycles. The van der Waals surface area contributed by atoms with Crippen molar-refractivity contribution in [1.82, 2.24) is 0 Å². The lowest BCUT2D eigenvalue weighted by Crippen LogP contribution is -2.02. The van der Waals surface area contributed by atoms with Gasteiger partial charge in [0.15, 0.2) is 9.84 Å². The van der Waals surface area contributed by atoms with Crippen LogP contribution in [0.3, 0.4) is 0 Å². The summed E-state index contributed by atoms with van der Waals surface area (Å²) in [6.45, 7) is 0. The molecule has 0 heterocycles. The molecule has 0 bridgehead atoms. The largest absolute Gasteiger partial charge is 0.261 e. The van der Waals surface area contributed by atoms with Crippen LogP contribution in [0.2, 0.25) is 0 Å². The van der Waals surface area contributed by atoms with Gasteiger partial charge in [0.05, 0.1) is 4.90 Å². The molecule has 0 atom stereocenters. The lowest BCUT2D eigenvalue weighted by Gasteiger charge is -2.01. The van der Waals surface area contributed by atoms with E-state index in [0.717, 1.165) is 18.4 Å². The maximum Gasteiger partial charge on any atom is 0.261 e. The van der Waals surface area contributed by atoms with E-state index in [0.29, 0.717) is 6.07 Å². The standard InChI is InChI=1S/C7H6ClFO4S2/c1-14(10,11)7-3-2-5(4-6(7)9)15(8,12)13/h2-4H,1H3. The number of rotatable bonds is 2. The van der Waals surface area contributed by atoms with Gasteiger partial charge >= 0.3 is 0 Å². The molecule has 15 heavy (non-hydrogen) atoms. The Bertz CT molecular complexity index is 591. The third-order valence-corrected chi connectivity index (χ3v) is 4.07. The summed E-state index contributed by atoms with van der Waals surface area (Å²) < 4.78 is 56.7. The van der Waals surface area contributed by atoms with Gasteiger partial charge in [-0.25, -0.2) is 21.2 Å². The first kappa shape index (κ1) is 12.4. The molecule has 0 aliphatic carbocycles. The molecule has 0 fully saturated rings. The van der Waals surface area contributed by atoms with E-state index in [4.69, 9.17) is 10.7 Å². The molecule has 1 rings (SSSR count). The van der Waals surface area contributed by atoms with Crippen LogP contribution in [0.15, 0.2) is 28.0 Å². The second kappa shape index (κ2) is 3.73. The number of hydrogen-bond acceptors (Lipinski definition) is 4. The molecule has 0 aliphatic rings. The predicted molar refractivity (Wildman–Crippen MR) is 52.5 cm³/mol. The molecule has 0 aliphatic heterocycles. The van der Waals surface area contributed by atoms with Gasteiger partial charge in [0, 0.05) is 16.9 Å². The molecule has 0 amide bonds. The van der Waals surface area contributed by atoms with Crippen LogP contribution in [0.5, 0.6) is 0 Å². The van der Waals surface area contributed by atoms with Crippen molar-refractivity contribution in [2.45, 2.75) is 9.79 Å². The molecule has 0 saturated heterocycles. The van der Waals surface area contributed by atoms with Crippen LogP contribution >= 0.6 is 10.7 Å². The molecule has 0 saturated carbocycles. The predicted octanol–water partition coefficient (Wildman–Crippen LogP) is 1.16. The summed E-state index contributed by atoms with van der Waals surface area (Å²) in [5.41, 5.74) is 0. The number of halogens is 2. The first-order valence-corrected chi connectivity index (χ1v) is 7.77. The average molecular weight is 273 g/mol. The summed E-state index contributed by atoms with van der Waals surface area (Å²) in [7, 11) is -2.81. The van der Waals surface area contributed by atoms with Gasteiger partial charge in [-0.1, -0.05) is 0 Å². The van der Waals surface area contributed by atoms with Crippen LogP contribution < -0.4 is 0 Å². The zero-order valence-electron chi connectivity index (χ0n) is 7.44. The third-order valence-electron chi connectivity index (χ3n) is 1.58. The molecule has 0 spiro atoms. The highest BCUT2D eigenvalue weighted by atomic mass is 35.7. The molecule has 0 radical (unpaired) electrons. The van der Waals surface area contributed by atoms with Crippen LogP contribution in [-0.4, -0.2) is 23.1 Å². The Labute approximate surface area is 91.0 Å². The summed E-state index contributed by atoms with van der Waals surface area (Å²) in [5, 5.41) is 0. The van der Waals surface area contributed by atoms with Gasteiger partial charge < -0.3 is 0 Å². The molecule has 84 valence electrons. The highest BCUT2D eigenvalue weighted by molar-refractivity contribution is 8.13. The topological polar surface area (TPSA) is 68.3 Å². The summed E-state index contributed by atoms with van der Waals surface area (Å²) in [5.74, 6) is -1.14.